The number of esters is 3. The molecule has 0 bridgehead atoms. The number of carbonyl (C=O) groups excluding carboxylic acids is 3. The second kappa shape index (κ2) is 47.8. The van der Waals surface area contributed by atoms with Gasteiger partial charge in [-0.3, -0.25) is 14.4 Å². The van der Waals surface area contributed by atoms with Gasteiger partial charge >= 0.3 is 17.9 Å². The van der Waals surface area contributed by atoms with Crippen molar-refractivity contribution in [3.8, 4) is 0 Å². The molecule has 0 spiro atoms. The lowest BCUT2D eigenvalue weighted by Gasteiger charge is -2.18. The van der Waals surface area contributed by atoms with Gasteiger partial charge in [-0.15, -0.1) is 0 Å². The number of allylic oxidation sites excluding steroid dienone is 10. The predicted octanol–water partition coefficient (Wildman–Crippen LogP) is 16.1. The fourth-order valence-corrected chi connectivity index (χ4v) is 6.78. The standard InChI is InChI=1S/C53H92O6/c1-4-7-10-13-16-19-22-25-27-29-31-34-37-40-43-46-52(55)58-49-50(48-57-51(54)45-42-39-36-33-30-24-21-18-15-12-9-6-3)59-53(56)47-44-41-38-35-32-28-26-23-20-17-14-11-8-5-2/h7,10,16,19,23,25-27,31,34,50H,4-6,8-9,11-15,17-18,20-22,24,28-30,32-33,35-49H2,1-3H3/b10-7-,19-16-,26-23-,27-25-,34-31-. The minimum Gasteiger partial charge on any atom is -0.462 e. The molecule has 59 heavy (non-hydrogen) atoms. The first-order valence-corrected chi connectivity index (χ1v) is 24.8. The second-order valence-electron chi connectivity index (χ2n) is 16.3. The SMILES string of the molecule is CC/C=C\C/C=C\C/C=C\C/C=C\CCCCC(=O)OCC(COC(=O)CCCCCCCCCCCCCC)OC(=O)CCCCCCC/C=C\CCCCCCC. The van der Waals surface area contributed by atoms with Gasteiger partial charge in [-0.2, -0.15) is 0 Å². The maximum absolute atomic E-state index is 12.8. The van der Waals surface area contributed by atoms with Crippen molar-refractivity contribution in [1.82, 2.24) is 0 Å². The van der Waals surface area contributed by atoms with Crippen molar-refractivity contribution in [2.45, 2.75) is 245 Å². The highest BCUT2D eigenvalue weighted by Gasteiger charge is 2.19. The molecule has 6 heteroatoms. The average Bonchev–Trinajstić information content (AvgIpc) is 3.23. The average molecular weight is 825 g/mol. The van der Waals surface area contributed by atoms with Gasteiger partial charge < -0.3 is 14.2 Å². The predicted molar refractivity (Wildman–Crippen MR) is 251 cm³/mol. The van der Waals surface area contributed by atoms with Crippen LogP contribution in [0.15, 0.2) is 60.8 Å². The summed E-state index contributed by atoms with van der Waals surface area (Å²) < 4.78 is 16.7. The van der Waals surface area contributed by atoms with E-state index in [1.54, 1.807) is 0 Å². The molecule has 1 unspecified atom stereocenters. The van der Waals surface area contributed by atoms with Crippen LogP contribution < -0.4 is 0 Å². The zero-order valence-corrected chi connectivity index (χ0v) is 38.8. The largest absolute Gasteiger partial charge is 0.462 e. The summed E-state index contributed by atoms with van der Waals surface area (Å²) in [5.74, 6) is -0.939. The van der Waals surface area contributed by atoms with Crippen molar-refractivity contribution in [2.75, 3.05) is 13.2 Å². The van der Waals surface area contributed by atoms with Crippen molar-refractivity contribution in [2.24, 2.45) is 0 Å². The highest BCUT2D eigenvalue weighted by atomic mass is 16.6. The Morgan fingerprint density at radius 1 is 0.356 bits per heavy atom. The minimum atomic E-state index is -0.792. The van der Waals surface area contributed by atoms with E-state index in [0.717, 1.165) is 96.3 Å². The summed E-state index contributed by atoms with van der Waals surface area (Å²) in [5.41, 5.74) is 0. The first-order valence-electron chi connectivity index (χ1n) is 24.8. The van der Waals surface area contributed by atoms with Crippen LogP contribution >= 0.6 is 0 Å². The minimum absolute atomic E-state index is 0.0891. The molecule has 0 saturated carbocycles. The molecule has 0 rings (SSSR count). The molecule has 0 N–H and O–H groups in total. The molecule has 0 aliphatic rings. The summed E-state index contributed by atoms with van der Waals surface area (Å²) in [6.45, 7) is 6.47. The maximum atomic E-state index is 12.8. The molecule has 0 aliphatic carbocycles. The Labute approximate surface area is 364 Å². The van der Waals surface area contributed by atoms with Crippen LogP contribution in [0.3, 0.4) is 0 Å². The van der Waals surface area contributed by atoms with Crippen LogP contribution in [0.1, 0.15) is 239 Å². The Morgan fingerprint density at radius 2 is 0.661 bits per heavy atom. The van der Waals surface area contributed by atoms with E-state index in [4.69, 9.17) is 14.2 Å². The molecule has 0 heterocycles. The zero-order chi connectivity index (χ0) is 43.0. The van der Waals surface area contributed by atoms with E-state index in [1.165, 1.54) is 103 Å². The third-order valence-electron chi connectivity index (χ3n) is 10.5. The molecule has 0 aromatic rings. The summed E-state index contributed by atoms with van der Waals surface area (Å²) in [5, 5.41) is 0. The van der Waals surface area contributed by atoms with E-state index in [1.807, 2.05) is 0 Å². The van der Waals surface area contributed by atoms with Gasteiger partial charge in [0, 0.05) is 19.3 Å². The summed E-state index contributed by atoms with van der Waals surface area (Å²) in [7, 11) is 0. The molecular formula is C53H92O6. The summed E-state index contributed by atoms with van der Waals surface area (Å²) in [4.78, 5) is 37.9. The molecular weight excluding hydrogens is 733 g/mol. The fraction of sp³-hybridized carbons (Fsp3) is 0.755. The van der Waals surface area contributed by atoms with Crippen LogP contribution in [0, 0.1) is 0 Å². The molecule has 0 aliphatic heterocycles. The second-order valence-corrected chi connectivity index (χ2v) is 16.3. The topological polar surface area (TPSA) is 78.9 Å². The molecule has 6 nitrogen and oxygen atoms in total. The summed E-state index contributed by atoms with van der Waals surface area (Å²) in [6, 6.07) is 0. The van der Waals surface area contributed by atoms with Crippen LogP contribution in [-0.2, 0) is 28.6 Å². The Morgan fingerprint density at radius 3 is 1.08 bits per heavy atom. The molecule has 340 valence electrons. The van der Waals surface area contributed by atoms with Gasteiger partial charge in [0.25, 0.3) is 0 Å². The first kappa shape index (κ1) is 56.1. The van der Waals surface area contributed by atoms with Gasteiger partial charge in [-0.05, 0) is 83.5 Å². The van der Waals surface area contributed by atoms with Crippen LogP contribution in [0.5, 0.6) is 0 Å². The molecule has 0 aromatic heterocycles. The quantitative estimate of drug-likeness (QED) is 0.0263. The van der Waals surface area contributed by atoms with Gasteiger partial charge in [0.15, 0.2) is 6.10 Å². The monoisotopic (exact) mass is 825 g/mol. The normalized spacial score (nSPS) is 12.5. The molecule has 0 aromatic carbocycles. The lowest BCUT2D eigenvalue weighted by atomic mass is 10.0. The van der Waals surface area contributed by atoms with Gasteiger partial charge in [0.05, 0.1) is 0 Å². The number of unbranched alkanes of at least 4 members (excludes halogenated alkanes) is 23. The van der Waals surface area contributed by atoms with E-state index in [0.29, 0.717) is 19.3 Å². The van der Waals surface area contributed by atoms with Crippen molar-refractivity contribution in [3.63, 3.8) is 0 Å². The smallest absolute Gasteiger partial charge is 0.306 e. The fourth-order valence-electron chi connectivity index (χ4n) is 6.78. The number of hydrogen-bond donors (Lipinski definition) is 0. The molecule has 0 fully saturated rings. The zero-order valence-electron chi connectivity index (χ0n) is 38.8. The third kappa shape index (κ3) is 46.0. The maximum Gasteiger partial charge on any atom is 0.306 e. The van der Waals surface area contributed by atoms with E-state index in [-0.39, 0.29) is 31.1 Å². The third-order valence-corrected chi connectivity index (χ3v) is 10.5. The van der Waals surface area contributed by atoms with Gasteiger partial charge in [-0.1, -0.05) is 197 Å². The van der Waals surface area contributed by atoms with Crippen LogP contribution in [0.2, 0.25) is 0 Å². The van der Waals surface area contributed by atoms with Gasteiger partial charge in [0.1, 0.15) is 13.2 Å². The highest BCUT2D eigenvalue weighted by Crippen LogP contribution is 2.14. The van der Waals surface area contributed by atoms with Crippen molar-refractivity contribution in [1.29, 1.82) is 0 Å². The van der Waals surface area contributed by atoms with Crippen molar-refractivity contribution in [3.05, 3.63) is 60.8 Å². The molecule has 0 radical (unpaired) electrons. The van der Waals surface area contributed by atoms with Crippen LogP contribution in [0.4, 0.5) is 0 Å². The molecule has 0 amide bonds. The molecule has 1 atom stereocenters. The van der Waals surface area contributed by atoms with Crippen LogP contribution in [0.25, 0.3) is 0 Å². The van der Waals surface area contributed by atoms with Crippen molar-refractivity contribution < 1.29 is 28.6 Å². The lowest BCUT2D eigenvalue weighted by Crippen LogP contribution is -2.30. The first-order chi connectivity index (χ1) is 29.0. The summed E-state index contributed by atoms with van der Waals surface area (Å²) >= 11 is 0. The molecule has 0 saturated heterocycles. The van der Waals surface area contributed by atoms with E-state index in [2.05, 4.69) is 81.5 Å². The Kier molecular flexibility index (Phi) is 45.4. The number of ether oxygens (including phenoxy) is 3. The van der Waals surface area contributed by atoms with Crippen LogP contribution in [-0.4, -0.2) is 37.2 Å². The number of hydrogen-bond acceptors (Lipinski definition) is 6. The highest BCUT2D eigenvalue weighted by molar-refractivity contribution is 5.71. The summed E-state index contributed by atoms with van der Waals surface area (Å²) in [6.07, 6.45) is 57.7. The Balaban J connectivity index is 4.45. The van der Waals surface area contributed by atoms with E-state index >= 15 is 0 Å². The van der Waals surface area contributed by atoms with E-state index < -0.39 is 6.10 Å². The van der Waals surface area contributed by atoms with Gasteiger partial charge in [0.2, 0.25) is 0 Å². The van der Waals surface area contributed by atoms with E-state index in [9.17, 15) is 14.4 Å². The Bertz CT molecular complexity index is 1090. The number of rotatable bonds is 44. The Hall–Kier alpha value is -2.89. The lowest BCUT2D eigenvalue weighted by molar-refractivity contribution is -0.167. The number of carbonyl (C=O) groups is 3. The van der Waals surface area contributed by atoms with Gasteiger partial charge in [-0.25, -0.2) is 0 Å². The van der Waals surface area contributed by atoms with Crippen molar-refractivity contribution >= 4 is 17.9 Å².